The Bertz CT molecular complexity index is 17.5. The highest BCUT2D eigenvalue weighted by Crippen LogP contribution is 1.74. The fraction of sp³-hybridized carbons (Fsp3) is 1.00. The molecule has 6 heavy (non-hydrogen) atoms. The molecule has 0 aliphatic rings. The van der Waals surface area contributed by atoms with Crippen molar-refractivity contribution in [2.75, 3.05) is 0 Å². The van der Waals surface area contributed by atoms with Crippen molar-refractivity contribution >= 4 is 18.1 Å². The molecule has 0 aliphatic carbocycles. The highest BCUT2D eigenvalue weighted by Gasteiger charge is 1.79. The van der Waals surface area contributed by atoms with Crippen LogP contribution < -0.4 is 0 Å². The number of hydrogen-bond acceptors (Lipinski definition) is 0. The molecule has 0 spiro atoms. The Labute approximate surface area is 44.8 Å². The van der Waals surface area contributed by atoms with Crippen molar-refractivity contribution in [3.8, 4) is 0 Å². The van der Waals surface area contributed by atoms with Crippen molar-refractivity contribution in [3.05, 3.63) is 0 Å². The van der Waals surface area contributed by atoms with E-state index >= 15 is 0 Å². The molecule has 0 aromatic carbocycles. The summed E-state index contributed by atoms with van der Waals surface area (Å²) < 4.78 is 0. The van der Waals surface area contributed by atoms with E-state index in [1.54, 1.807) is 0 Å². The molecule has 0 fully saturated rings. The SMILES string of the molecule is CC[Si][Si]CC. The van der Waals surface area contributed by atoms with Crippen molar-refractivity contribution in [2.45, 2.75) is 25.9 Å². The normalized spacial score (nSPS) is 9.00. The first-order valence-electron chi connectivity index (χ1n) is 2.37. The highest BCUT2D eigenvalue weighted by atomic mass is 29.1. The Morgan fingerprint density at radius 3 is 1.50 bits per heavy atom. The fourth-order valence-corrected chi connectivity index (χ4v) is 2.25. The van der Waals surface area contributed by atoms with Gasteiger partial charge in [-0.15, -0.1) is 0 Å². The Morgan fingerprint density at radius 2 is 1.33 bits per heavy atom. The van der Waals surface area contributed by atoms with E-state index < -0.39 is 0 Å². The lowest BCUT2D eigenvalue weighted by Gasteiger charge is -1.82. The second-order valence-electron chi connectivity index (χ2n) is 1.06. The average Bonchev–Trinajstić information content (AvgIpc) is 1.61. The molecule has 0 saturated heterocycles. The van der Waals surface area contributed by atoms with Gasteiger partial charge in [0.1, 0.15) is 0 Å². The minimum Gasteiger partial charge on any atom is -0.0684 e. The van der Waals surface area contributed by atoms with E-state index in [9.17, 15) is 0 Å². The zero-order valence-corrected chi connectivity index (χ0v) is 6.41. The summed E-state index contributed by atoms with van der Waals surface area (Å²) in [6.07, 6.45) is 0. The summed E-state index contributed by atoms with van der Waals surface area (Å²) in [6.45, 7) is 4.50. The molecule has 0 bridgehead atoms. The molecule has 0 N–H and O–H groups in total. The summed E-state index contributed by atoms with van der Waals surface area (Å²) in [5, 5.41) is 0. The van der Waals surface area contributed by atoms with Crippen LogP contribution in [-0.4, -0.2) is 18.1 Å². The van der Waals surface area contributed by atoms with Crippen LogP contribution >= 0.6 is 0 Å². The Balaban J connectivity index is 2.34. The van der Waals surface area contributed by atoms with Crippen molar-refractivity contribution in [2.24, 2.45) is 0 Å². The van der Waals surface area contributed by atoms with Crippen molar-refractivity contribution in [1.29, 1.82) is 0 Å². The summed E-state index contributed by atoms with van der Waals surface area (Å²) in [6, 6.07) is 2.79. The highest BCUT2D eigenvalue weighted by molar-refractivity contribution is 7.00. The summed E-state index contributed by atoms with van der Waals surface area (Å²) in [4.78, 5) is 0. The first kappa shape index (κ1) is 6.43. The monoisotopic (exact) mass is 114 g/mol. The molecule has 2 heteroatoms. The number of hydrogen-bond donors (Lipinski definition) is 0. The summed E-state index contributed by atoms with van der Waals surface area (Å²) in [5.74, 6) is 0. The molecule has 0 rings (SSSR count). The molecule has 34 valence electrons. The van der Waals surface area contributed by atoms with Crippen LogP contribution in [-0.2, 0) is 0 Å². The molecule has 0 aromatic rings. The van der Waals surface area contributed by atoms with Crippen molar-refractivity contribution in [1.82, 2.24) is 0 Å². The second kappa shape index (κ2) is 5.43. The lowest BCUT2D eigenvalue weighted by Crippen LogP contribution is -1.97. The van der Waals surface area contributed by atoms with E-state index in [-0.39, 0.29) is 0 Å². The Hall–Kier alpha value is 0.434. The lowest BCUT2D eigenvalue weighted by atomic mass is 11.0. The van der Waals surface area contributed by atoms with Gasteiger partial charge in [-0.2, -0.15) is 0 Å². The predicted octanol–water partition coefficient (Wildman–Crippen LogP) is 1.19. The van der Waals surface area contributed by atoms with E-state index in [0.29, 0.717) is 0 Å². The van der Waals surface area contributed by atoms with Gasteiger partial charge in [-0.3, -0.25) is 0 Å². The third kappa shape index (κ3) is 4.43. The van der Waals surface area contributed by atoms with Crippen LogP contribution in [0, 0.1) is 0 Å². The van der Waals surface area contributed by atoms with E-state index in [1.807, 2.05) is 0 Å². The van der Waals surface area contributed by atoms with Crippen molar-refractivity contribution < 1.29 is 0 Å². The molecule has 0 unspecified atom stereocenters. The van der Waals surface area contributed by atoms with Gasteiger partial charge in [0.05, 0.1) is 0 Å². The van der Waals surface area contributed by atoms with Gasteiger partial charge in [0.2, 0.25) is 0 Å². The Morgan fingerprint density at radius 1 is 1.00 bits per heavy atom. The van der Waals surface area contributed by atoms with E-state index in [0.717, 1.165) is 0 Å². The minimum absolute atomic E-state index is 1.24. The Kier molecular flexibility index (Phi) is 5.83. The van der Waals surface area contributed by atoms with Crippen LogP contribution in [0.3, 0.4) is 0 Å². The maximum absolute atomic E-state index is 2.25. The van der Waals surface area contributed by atoms with Gasteiger partial charge in [-0.05, 0) is 0 Å². The molecule has 0 aliphatic heterocycles. The molecule has 0 saturated carbocycles. The minimum atomic E-state index is 1.24. The zero-order valence-electron chi connectivity index (χ0n) is 4.41. The average molecular weight is 114 g/mol. The molecular weight excluding hydrogens is 104 g/mol. The van der Waals surface area contributed by atoms with Gasteiger partial charge in [-0.25, -0.2) is 0 Å². The van der Waals surface area contributed by atoms with Crippen LogP contribution in [0.5, 0.6) is 0 Å². The van der Waals surface area contributed by atoms with E-state index in [4.69, 9.17) is 0 Å². The van der Waals surface area contributed by atoms with Gasteiger partial charge >= 0.3 is 0 Å². The van der Waals surface area contributed by atoms with Crippen molar-refractivity contribution in [3.63, 3.8) is 0 Å². The van der Waals surface area contributed by atoms with Gasteiger partial charge in [-0.1, -0.05) is 25.9 Å². The van der Waals surface area contributed by atoms with Gasteiger partial charge in [0, 0.05) is 18.1 Å². The molecule has 4 radical (unpaired) electrons. The van der Waals surface area contributed by atoms with Crippen LogP contribution in [0.4, 0.5) is 0 Å². The summed E-state index contributed by atoms with van der Waals surface area (Å²) in [7, 11) is 2.49. The van der Waals surface area contributed by atoms with E-state index in [1.165, 1.54) is 30.2 Å². The largest absolute Gasteiger partial charge is 0.0684 e. The predicted molar refractivity (Wildman–Crippen MR) is 32.5 cm³/mol. The molecular formula is C4H10Si2. The van der Waals surface area contributed by atoms with Gasteiger partial charge < -0.3 is 0 Å². The lowest BCUT2D eigenvalue weighted by molar-refractivity contribution is 1.45. The topological polar surface area (TPSA) is 0 Å². The van der Waals surface area contributed by atoms with Gasteiger partial charge in [0.25, 0.3) is 0 Å². The zero-order chi connectivity index (χ0) is 4.83. The first-order valence-corrected chi connectivity index (χ1v) is 5.79. The van der Waals surface area contributed by atoms with Crippen LogP contribution in [0.1, 0.15) is 13.8 Å². The molecule has 0 heterocycles. The molecule has 0 aromatic heterocycles. The van der Waals surface area contributed by atoms with Crippen LogP contribution in [0.15, 0.2) is 0 Å². The van der Waals surface area contributed by atoms with E-state index in [2.05, 4.69) is 13.8 Å². The summed E-state index contributed by atoms with van der Waals surface area (Å²) in [5.41, 5.74) is 0. The summed E-state index contributed by atoms with van der Waals surface area (Å²) >= 11 is 0. The third-order valence-corrected chi connectivity index (χ3v) is 4.31. The first-order chi connectivity index (χ1) is 2.91. The van der Waals surface area contributed by atoms with Crippen LogP contribution in [0.2, 0.25) is 12.1 Å². The standard InChI is InChI=1S/C4H10Si2/c1-3-5-6-4-2/h3-4H2,1-2H3. The number of rotatable bonds is 3. The quantitative estimate of drug-likeness (QED) is 0.382. The molecule has 0 atom stereocenters. The molecule has 0 nitrogen and oxygen atoms in total. The van der Waals surface area contributed by atoms with Crippen LogP contribution in [0.25, 0.3) is 0 Å². The molecule has 0 amide bonds. The van der Waals surface area contributed by atoms with Gasteiger partial charge in [0.15, 0.2) is 0 Å². The maximum atomic E-state index is 2.25. The third-order valence-electron chi connectivity index (χ3n) is 0.479. The second-order valence-corrected chi connectivity index (χ2v) is 5.30. The smallest absolute Gasteiger partial charge is 0.0219 e. The fourth-order valence-electron chi connectivity index (χ4n) is 0.250. The maximum Gasteiger partial charge on any atom is 0.0219 e.